The number of rotatable bonds is 55. The molecular formula is C51H96ClN7O22S. The number of aryl methyl sites for hydroxylation is 1. The number of benzene rings is 1. The molecule has 1 rings (SSSR count). The molecule has 0 aliphatic rings. The van der Waals surface area contributed by atoms with Crippen molar-refractivity contribution in [2.24, 2.45) is 16.0 Å². The molecular weight excluding hydrogens is 1130 g/mol. The number of nitrogens with two attached hydrogens (primary N) is 1. The van der Waals surface area contributed by atoms with Crippen LogP contribution in [0.1, 0.15) is 18.4 Å². The second kappa shape index (κ2) is 81.6. The molecule has 0 aliphatic carbocycles. The highest BCUT2D eigenvalue weighted by Gasteiger charge is 2.14. The first-order valence-electron chi connectivity index (χ1n) is 26.4. The largest absolute Gasteiger partial charge is 0.394 e. The van der Waals surface area contributed by atoms with Crippen molar-refractivity contribution in [1.29, 1.82) is 0 Å². The zero-order chi connectivity index (χ0) is 60.3. The quantitative estimate of drug-likeness (QED) is 0.0155. The molecule has 29 nitrogen and oxygen atoms in total. The van der Waals surface area contributed by atoms with Crippen LogP contribution in [0.25, 0.3) is 20.9 Å². The molecule has 0 saturated carbocycles. The maximum atomic E-state index is 11.9. The molecule has 0 unspecified atom stereocenters. The van der Waals surface area contributed by atoms with Gasteiger partial charge in [-0.05, 0) is 30.1 Å². The van der Waals surface area contributed by atoms with Crippen LogP contribution in [0.2, 0.25) is 0 Å². The van der Waals surface area contributed by atoms with Crippen molar-refractivity contribution in [3.63, 3.8) is 0 Å². The van der Waals surface area contributed by atoms with Crippen LogP contribution in [-0.2, 0) is 85.4 Å². The van der Waals surface area contributed by atoms with Gasteiger partial charge in [-0.1, -0.05) is 27.9 Å². The number of aliphatic hydroxyl groups is 4. The molecule has 0 bridgehead atoms. The molecule has 6 N–H and O–H groups in total. The molecule has 31 heteroatoms. The fourth-order valence-corrected chi connectivity index (χ4v) is 5.48. The zero-order valence-electron chi connectivity index (χ0n) is 48.0. The van der Waals surface area contributed by atoms with Crippen molar-refractivity contribution in [2.75, 3.05) is 251 Å². The number of ether oxygens (including phenoxy) is 15. The normalized spacial score (nSPS) is 10.3. The number of terminal acetylenes is 2. The van der Waals surface area contributed by atoms with Gasteiger partial charge in [-0.25, -0.2) is 0 Å². The summed E-state index contributed by atoms with van der Waals surface area (Å²) in [6.45, 7) is 17.1. The third-order valence-corrected chi connectivity index (χ3v) is 9.61. The van der Waals surface area contributed by atoms with E-state index in [1.807, 2.05) is 6.92 Å². The number of nitrogens with zero attached hydrogens (tertiary/aromatic N) is 6. The van der Waals surface area contributed by atoms with Crippen LogP contribution < -0.4 is 5.73 Å². The zero-order valence-corrected chi connectivity index (χ0v) is 49.6. The Kier molecular flexibility index (Phi) is 86.7. The van der Waals surface area contributed by atoms with Crippen molar-refractivity contribution in [2.45, 2.75) is 24.7 Å². The molecule has 0 aromatic heterocycles. The number of hydrogen-bond acceptors (Lipinski definition) is 25. The maximum Gasteiger partial charge on any atom is 0.297 e. The lowest BCUT2D eigenvalue weighted by molar-refractivity contribution is 0.00230. The first kappa shape index (κ1) is 87.1. The van der Waals surface area contributed by atoms with E-state index in [0.29, 0.717) is 224 Å². The van der Waals surface area contributed by atoms with E-state index in [2.05, 4.69) is 31.9 Å². The van der Waals surface area contributed by atoms with Crippen molar-refractivity contribution in [3.05, 3.63) is 50.7 Å². The fourth-order valence-electron chi connectivity index (χ4n) is 4.59. The molecule has 480 valence electrons. The number of aliphatic hydroxyl groups excluding tert-OH is 4. The van der Waals surface area contributed by atoms with E-state index >= 15 is 0 Å². The molecule has 0 spiro atoms. The SMILES string of the molecule is C#CCCOCCOCCOCCN.C#CCCOCCOCCOCCN=[N+]=[N-].Cc1ccc(S(=O)(=O)OCCOCCOCCOCCO)cc1.Cl.OCCOCCOCCOCCO.[N-]=[N+]=NCCOCCOCCOCCO. The average molecular weight is 1230 g/mol. The van der Waals surface area contributed by atoms with Gasteiger partial charge in [0.05, 0.1) is 236 Å². The summed E-state index contributed by atoms with van der Waals surface area (Å²) in [4.78, 5) is 5.32. The Hall–Kier alpha value is -3.64. The molecule has 0 heterocycles. The number of halogens is 1. The van der Waals surface area contributed by atoms with Crippen molar-refractivity contribution >= 4 is 22.5 Å². The summed E-state index contributed by atoms with van der Waals surface area (Å²) in [5.74, 6) is 4.98. The molecule has 0 fully saturated rings. The van der Waals surface area contributed by atoms with E-state index < -0.39 is 10.1 Å². The predicted octanol–water partition coefficient (Wildman–Crippen LogP) is 1.91. The van der Waals surface area contributed by atoms with Gasteiger partial charge in [0.15, 0.2) is 0 Å². The molecule has 0 aliphatic heterocycles. The van der Waals surface area contributed by atoms with Crippen LogP contribution in [0.3, 0.4) is 0 Å². The molecule has 1 aromatic carbocycles. The minimum Gasteiger partial charge on any atom is -0.394 e. The highest BCUT2D eigenvalue weighted by atomic mass is 35.5. The molecule has 0 atom stereocenters. The van der Waals surface area contributed by atoms with Gasteiger partial charge >= 0.3 is 0 Å². The maximum absolute atomic E-state index is 11.9. The summed E-state index contributed by atoms with van der Waals surface area (Å²) in [6, 6.07) is 6.46. The van der Waals surface area contributed by atoms with Crippen LogP contribution in [0.15, 0.2) is 39.4 Å². The Balaban J connectivity index is -0.000000306. The van der Waals surface area contributed by atoms with E-state index in [0.717, 1.165) is 5.56 Å². The topological polar surface area (TPSA) is 386 Å². The third kappa shape index (κ3) is 82.8. The highest BCUT2D eigenvalue weighted by Crippen LogP contribution is 2.13. The second-order valence-electron chi connectivity index (χ2n) is 14.8. The minimum atomic E-state index is -3.74. The Morgan fingerprint density at radius 1 is 0.427 bits per heavy atom. The smallest absolute Gasteiger partial charge is 0.297 e. The van der Waals surface area contributed by atoms with Gasteiger partial charge in [0.1, 0.15) is 0 Å². The monoisotopic (exact) mass is 1230 g/mol. The Morgan fingerprint density at radius 3 is 0.927 bits per heavy atom. The van der Waals surface area contributed by atoms with Crippen molar-refractivity contribution in [3.8, 4) is 24.7 Å². The molecule has 0 saturated heterocycles. The van der Waals surface area contributed by atoms with Crippen LogP contribution in [0.5, 0.6) is 0 Å². The molecule has 82 heavy (non-hydrogen) atoms. The average Bonchev–Trinajstić information content (AvgIpc) is 3.47. The molecule has 1 aromatic rings. The van der Waals surface area contributed by atoms with Gasteiger partial charge in [0.25, 0.3) is 10.1 Å². The molecule has 0 amide bonds. The van der Waals surface area contributed by atoms with E-state index in [1.165, 1.54) is 12.1 Å². The molecule has 0 radical (unpaired) electrons. The summed E-state index contributed by atoms with van der Waals surface area (Å²) in [7, 11) is -3.74. The van der Waals surface area contributed by atoms with Gasteiger partial charge in [0, 0.05) is 42.3 Å². The summed E-state index contributed by atoms with van der Waals surface area (Å²) < 4.78 is 105. The number of azide groups is 2. The van der Waals surface area contributed by atoms with Crippen LogP contribution in [-0.4, -0.2) is 280 Å². The lowest BCUT2D eigenvalue weighted by Gasteiger charge is -2.08. The minimum absolute atomic E-state index is 0. The van der Waals surface area contributed by atoms with Crippen LogP contribution in [0, 0.1) is 31.6 Å². The van der Waals surface area contributed by atoms with Crippen molar-refractivity contribution in [1.82, 2.24) is 0 Å². The Morgan fingerprint density at radius 2 is 0.671 bits per heavy atom. The Bertz CT molecular complexity index is 1680. The van der Waals surface area contributed by atoms with Crippen molar-refractivity contribution < 1.29 is 104 Å². The first-order chi connectivity index (χ1) is 39.7. The van der Waals surface area contributed by atoms with Crippen LogP contribution >= 0.6 is 12.4 Å². The van der Waals surface area contributed by atoms with E-state index in [-0.39, 0.29) is 56.9 Å². The second-order valence-corrected chi connectivity index (χ2v) is 16.4. The summed E-state index contributed by atoms with van der Waals surface area (Å²) in [6.07, 6.45) is 11.4. The summed E-state index contributed by atoms with van der Waals surface area (Å²) >= 11 is 0. The van der Waals surface area contributed by atoms with E-state index in [4.69, 9.17) is 125 Å². The highest BCUT2D eigenvalue weighted by molar-refractivity contribution is 7.86. The van der Waals surface area contributed by atoms with Gasteiger partial charge < -0.3 is 97.2 Å². The lowest BCUT2D eigenvalue weighted by atomic mass is 10.2. The van der Waals surface area contributed by atoms with E-state index in [1.54, 1.807) is 12.1 Å². The predicted molar refractivity (Wildman–Crippen MR) is 306 cm³/mol. The summed E-state index contributed by atoms with van der Waals surface area (Å²) in [5, 5.41) is 40.2. The Labute approximate surface area is 491 Å². The van der Waals surface area contributed by atoms with Gasteiger partial charge in [-0.3, -0.25) is 4.18 Å². The fraction of sp³-hybridized carbons (Fsp3) is 0.804. The van der Waals surface area contributed by atoms with Crippen LogP contribution in [0.4, 0.5) is 0 Å². The van der Waals surface area contributed by atoms with Gasteiger partial charge in [-0.15, -0.1) is 37.1 Å². The summed E-state index contributed by atoms with van der Waals surface area (Å²) in [5.41, 5.74) is 22.2. The third-order valence-electron chi connectivity index (χ3n) is 8.28. The van der Waals surface area contributed by atoms with Gasteiger partial charge in [-0.2, -0.15) is 8.42 Å². The van der Waals surface area contributed by atoms with E-state index in [9.17, 15) is 8.42 Å². The first-order valence-corrected chi connectivity index (χ1v) is 27.8. The van der Waals surface area contributed by atoms with Gasteiger partial charge in [0.2, 0.25) is 0 Å². The lowest BCUT2D eigenvalue weighted by Crippen LogP contribution is -2.14. The standard InChI is InChI=1S/C15H24O7S.C10H17N3O3.C10H19NO3.C8H17N3O4.C8H18O5.ClH/c1-14-2-4-15(5-3-14)23(17,18)22-13-12-21-11-10-20-9-8-19-7-6-16;1-2-3-5-14-7-9-16-10-8-15-6-4-12-13-11;1-2-3-5-12-7-9-14-10-8-13-6-4-11;9-11-10-1-3-13-5-7-15-8-6-14-4-2-12;9-1-3-11-5-7-13-8-6-12-4-2-10;/h2-5,16H,6-13H2,1H3;1H,3-10H2;1H,3-11H2;12H,1-8H2;9-10H,1-8H2;1H. The number of hydrogen-bond donors (Lipinski definition) is 5.